The van der Waals surface area contributed by atoms with Crippen LogP contribution in [0.15, 0.2) is 36.7 Å². The third-order valence-corrected chi connectivity index (χ3v) is 2.85. The van der Waals surface area contributed by atoms with Crippen molar-refractivity contribution in [3.05, 3.63) is 42.2 Å². The van der Waals surface area contributed by atoms with E-state index in [1.807, 2.05) is 29.0 Å². The lowest BCUT2D eigenvalue weighted by Gasteiger charge is -2.11. The smallest absolute Gasteiger partial charge is 0.146 e. The average molecular weight is 246 g/mol. The van der Waals surface area contributed by atoms with Gasteiger partial charge in [0.15, 0.2) is 0 Å². The fourth-order valence-corrected chi connectivity index (χ4v) is 1.90. The first kappa shape index (κ1) is 12.5. The second kappa shape index (κ2) is 5.60. The highest BCUT2D eigenvalue weighted by Crippen LogP contribution is 2.28. The van der Waals surface area contributed by atoms with Gasteiger partial charge < -0.3 is 19.8 Å². The monoisotopic (exact) mass is 246 g/mol. The summed E-state index contributed by atoms with van der Waals surface area (Å²) in [5.41, 5.74) is 7.76. The van der Waals surface area contributed by atoms with Crippen molar-refractivity contribution in [3.63, 3.8) is 0 Å². The molecule has 4 nitrogen and oxygen atoms in total. The lowest BCUT2D eigenvalue weighted by Crippen LogP contribution is -2.02. The molecule has 0 aliphatic carbocycles. The Labute approximate surface area is 107 Å². The lowest BCUT2D eigenvalue weighted by atomic mass is 10.2. The number of methoxy groups -OCH3 is 2. The molecular formula is C14H18N2O2. The number of hydrogen-bond acceptors (Lipinski definition) is 3. The maximum Gasteiger partial charge on any atom is 0.146 e. The largest absolute Gasteiger partial charge is 0.497 e. The zero-order valence-electron chi connectivity index (χ0n) is 10.7. The molecule has 2 N–H and O–H groups in total. The summed E-state index contributed by atoms with van der Waals surface area (Å²) in [5, 5.41) is 0. The van der Waals surface area contributed by atoms with Gasteiger partial charge in [-0.25, -0.2) is 0 Å². The Kier molecular flexibility index (Phi) is 3.89. The Hall–Kier alpha value is -1.94. The van der Waals surface area contributed by atoms with Crippen molar-refractivity contribution < 1.29 is 9.47 Å². The number of nitrogens with zero attached hydrogens (tertiary/aromatic N) is 1. The summed E-state index contributed by atoms with van der Waals surface area (Å²) in [6.07, 6.45) is 4.96. The van der Waals surface area contributed by atoms with Gasteiger partial charge in [0, 0.05) is 18.5 Å². The zero-order valence-corrected chi connectivity index (χ0v) is 10.7. The molecule has 0 unspecified atom stereocenters. The van der Waals surface area contributed by atoms with E-state index in [2.05, 4.69) is 12.3 Å². The lowest BCUT2D eigenvalue weighted by molar-refractivity contribution is 0.393. The normalized spacial score (nSPS) is 10.4. The van der Waals surface area contributed by atoms with Crippen molar-refractivity contribution >= 4 is 0 Å². The highest BCUT2D eigenvalue weighted by atomic mass is 16.5. The second-order valence-electron chi connectivity index (χ2n) is 4.00. The van der Waals surface area contributed by atoms with Gasteiger partial charge in [-0.05, 0) is 36.7 Å². The molecule has 1 aromatic heterocycles. The summed E-state index contributed by atoms with van der Waals surface area (Å²) in [6.45, 7) is 0.657. The van der Waals surface area contributed by atoms with Crippen molar-refractivity contribution in [2.45, 2.75) is 6.42 Å². The van der Waals surface area contributed by atoms with Crippen LogP contribution in [0.5, 0.6) is 11.5 Å². The van der Waals surface area contributed by atoms with Gasteiger partial charge in [-0.1, -0.05) is 0 Å². The minimum atomic E-state index is 0.657. The summed E-state index contributed by atoms with van der Waals surface area (Å²) in [7, 11) is 3.30. The second-order valence-corrected chi connectivity index (χ2v) is 4.00. The van der Waals surface area contributed by atoms with Gasteiger partial charge in [-0.15, -0.1) is 0 Å². The van der Waals surface area contributed by atoms with E-state index in [4.69, 9.17) is 15.2 Å². The van der Waals surface area contributed by atoms with Gasteiger partial charge in [0.2, 0.25) is 0 Å². The van der Waals surface area contributed by atoms with Gasteiger partial charge in [-0.3, -0.25) is 0 Å². The van der Waals surface area contributed by atoms with E-state index < -0.39 is 0 Å². The zero-order chi connectivity index (χ0) is 13.0. The van der Waals surface area contributed by atoms with Crippen LogP contribution in [0.2, 0.25) is 0 Å². The van der Waals surface area contributed by atoms with E-state index in [0.717, 1.165) is 23.6 Å². The fourth-order valence-electron chi connectivity index (χ4n) is 1.90. The summed E-state index contributed by atoms with van der Waals surface area (Å²) < 4.78 is 12.6. The molecule has 0 saturated carbocycles. The van der Waals surface area contributed by atoms with Crippen LogP contribution in [0.3, 0.4) is 0 Å². The summed E-state index contributed by atoms with van der Waals surface area (Å²) in [5.74, 6) is 1.56. The number of ether oxygens (including phenoxy) is 2. The van der Waals surface area contributed by atoms with Gasteiger partial charge in [-0.2, -0.15) is 0 Å². The molecule has 0 amide bonds. The van der Waals surface area contributed by atoms with Crippen molar-refractivity contribution in [1.82, 2.24) is 4.57 Å². The molecule has 0 radical (unpaired) electrons. The van der Waals surface area contributed by atoms with Crippen LogP contribution in [0.4, 0.5) is 0 Å². The third-order valence-electron chi connectivity index (χ3n) is 2.85. The summed E-state index contributed by atoms with van der Waals surface area (Å²) in [6, 6.07) is 7.83. The molecule has 96 valence electrons. The molecule has 0 spiro atoms. The number of hydrogen-bond donors (Lipinski definition) is 1. The molecule has 0 aliphatic heterocycles. The van der Waals surface area contributed by atoms with Crippen LogP contribution in [0.1, 0.15) is 5.56 Å². The van der Waals surface area contributed by atoms with Crippen LogP contribution >= 0.6 is 0 Å². The Morgan fingerprint density at radius 2 is 2.00 bits per heavy atom. The van der Waals surface area contributed by atoms with Crippen LogP contribution < -0.4 is 15.2 Å². The molecule has 2 aromatic rings. The Balaban J connectivity index is 2.36. The van der Waals surface area contributed by atoms with Gasteiger partial charge in [0.1, 0.15) is 11.5 Å². The quantitative estimate of drug-likeness (QED) is 0.877. The Morgan fingerprint density at radius 1 is 1.17 bits per heavy atom. The van der Waals surface area contributed by atoms with E-state index in [9.17, 15) is 0 Å². The molecule has 1 heterocycles. The topological polar surface area (TPSA) is 49.4 Å². The van der Waals surface area contributed by atoms with Crippen molar-refractivity contribution in [1.29, 1.82) is 0 Å². The first-order chi connectivity index (χ1) is 8.78. The average Bonchev–Trinajstić information content (AvgIpc) is 2.87. The molecule has 2 rings (SSSR count). The molecule has 0 fully saturated rings. The maximum absolute atomic E-state index is 5.55. The number of aromatic nitrogens is 1. The highest BCUT2D eigenvalue weighted by molar-refractivity contribution is 5.51. The molecular weight excluding hydrogens is 228 g/mol. The summed E-state index contributed by atoms with van der Waals surface area (Å²) in [4.78, 5) is 0. The van der Waals surface area contributed by atoms with Crippen LogP contribution in [-0.2, 0) is 6.42 Å². The highest BCUT2D eigenvalue weighted by Gasteiger charge is 2.07. The number of rotatable bonds is 5. The van der Waals surface area contributed by atoms with Crippen LogP contribution in [-0.4, -0.2) is 25.3 Å². The molecule has 0 aliphatic rings. The maximum atomic E-state index is 5.55. The van der Waals surface area contributed by atoms with Gasteiger partial charge in [0.05, 0.1) is 19.9 Å². The minimum absolute atomic E-state index is 0.657. The Bertz CT molecular complexity index is 520. The van der Waals surface area contributed by atoms with E-state index in [0.29, 0.717) is 6.54 Å². The predicted octanol–water partition coefficient (Wildman–Crippen LogP) is 2.00. The first-order valence-corrected chi connectivity index (χ1v) is 5.88. The van der Waals surface area contributed by atoms with E-state index >= 15 is 0 Å². The molecule has 4 heteroatoms. The SMILES string of the molecule is COc1ccc(-n2ccc(CCN)c2)c(OC)c1. The van der Waals surface area contributed by atoms with E-state index in [1.54, 1.807) is 14.2 Å². The van der Waals surface area contributed by atoms with Crippen LogP contribution in [0, 0.1) is 0 Å². The van der Waals surface area contributed by atoms with Gasteiger partial charge in [0.25, 0.3) is 0 Å². The van der Waals surface area contributed by atoms with Crippen molar-refractivity contribution in [2.75, 3.05) is 20.8 Å². The third kappa shape index (κ3) is 2.49. The van der Waals surface area contributed by atoms with Gasteiger partial charge >= 0.3 is 0 Å². The standard InChI is InChI=1S/C14H18N2O2/c1-17-12-3-4-13(14(9-12)18-2)16-8-6-11(10-16)5-7-15/h3-4,6,8-10H,5,7,15H2,1-2H3. The summed E-state index contributed by atoms with van der Waals surface area (Å²) >= 11 is 0. The molecule has 0 bridgehead atoms. The van der Waals surface area contributed by atoms with Crippen molar-refractivity contribution in [3.8, 4) is 17.2 Å². The molecule has 0 atom stereocenters. The minimum Gasteiger partial charge on any atom is -0.497 e. The molecule has 18 heavy (non-hydrogen) atoms. The Morgan fingerprint density at radius 3 is 2.67 bits per heavy atom. The fraction of sp³-hybridized carbons (Fsp3) is 0.286. The predicted molar refractivity (Wildman–Crippen MR) is 71.6 cm³/mol. The molecule has 1 aromatic carbocycles. The van der Waals surface area contributed by atoms with E-state index in [1.165, 1.54) is 5.56 Å². The molecule has 0 saturated heterocycles. The number of benzene rings is 1. The van der Waals surface area contributed by atoms with Crippen LogP contribution in [0.25, 0.3) is 5.69 Å². The van der Waals surface area contributed by atoms with Crippen molar-refractivity contribution in [2.24, 2.45) is 5.73 Å². The first-order valence-electron chi connectivity index (χ1n) is 5.88. The number of nitrogens with two attached hydrogens (primary N) is 1. The van der Waals surface area contributed by atoms with E-state index in [-0.39, 0.29) is 0 Å².